The van der Waals surface area contributed by atoms with Gasteiger partial charge in [-0.15, -0.1) is 0 Å². The van der Waals surface area contributed by atoms with E-state index in [2.05, 4.69) is 0 Å². The Bertz CT molecular complexity index is 1650. The molecule has 6 rings (SSSR count). The maximum absolute atomic E-state index is 14.4. The second-order valence-corrected chi connectivity index (χ2v) is 12.4. The van der Waals surface area contributed by atoms with Crippen molar-refractivity contribution in [3.05, 3.63) is 144 Å². The Morgan fingerprint density at radius 1 is 0.756 bits per heavy atom. The molecule has 2 aliphatic rings. The first kappa shape index (κ1) is 30.2. The van der Waals surface area contributed by atoms with E-state index in [0.717, 1.165) is 0 Å². The fourth-order valence-electron chi connectivity index (χ4n) is 5.78. The lowest BCUT2D eigenvalue weighted by molar-refractivity contribution is -0.165. The molecule has 0 saturated carbocycles. The second-order valence-electron chi connectivity index (χ2n) is 10.9. The second kappa shape index (κ2) is 12.6. The quantitative estimate of drug-likeness (QED) is 0.112. The molecule has 4 aromatic rings. The summed E-state index contributed by atoms with van der Waals surface area (Å²) in [5.41, 5.74) is 1.22. The number of β-lactam (4-membered cyclic amide) rings is 1. The van der Waals surface area contributed by atoms with Crippen LogP contribution >= 0.6 is 7.82 Å². The first-order chi connectivity index (χ1) is 21.8. The van der Waals surface area contributed by atoms with Gasteiger partial charge in [-0.2, -0.15) is 4.57 Å². The number of phosphoric ester groups is 1. The number of rotatable bonds is 11. The van der Waals surface area contributed by atoms with Crippen LogP contribution in [0.4, 0.5) is 0 Å². The topological polar surface area (TPSA) is 112 Å². The molecule has 10 heteroatoms. The fraction of sp³-hybridized carbons (Fsp3) is 0.200. The van der Waals surface area contributed by atoms with Gasteiger partial charge in [0.1, 0.15) is 17.3 Å². The van der Waals surface area contributed by atoms with E-state index in [1.807, 2.05) is 60.7 Å². The summed E-state index contributed by atoms with van der Waals surface area (Å²) >= 11 is 0. The van der Waals surface area contributed by atoms with Crippen LogP contribution in [0, 0.1) is 11.8 Å². The van der Waals surface area contributed by atoms with Gasteiger partial charge in [-0.25, -0.2) is 4.79 Å². The lowest BCUT2D eigenvalue weighted by atomic mass is 9.79. The molecule has 1 N–H and O–H groups in total. The molecule has 0 spiro atoms. The Morgan fingerprint density at radius 3 is 1.64 bits per heavy atom. The number of aliphatic hydroxyl groups excluding tert-OH is 1. The minimum Gasteiger partial charge on any atom is -0.448 e. The number of nitrogens with zero attached hydrogens (tertiary/aromatic N) is 1. The van der Waals surface area contributed by atoms with Crippen molar-refractivity contribution in [2.24, 2.45) is 11.8 Å². The molecule has 1 amide bonds. The third-order valence-corrected chi connectivity index (χ3v) is 9.15. The van der Waals surface area contributed by atoms with E-state index in [1.165, 1.54) is 11.8 Å². The van der Waals surface area contributed by atoms with Crippen LogP contribution in [0.25, 0.3) is 0 Å². The molecule has 1 fully saturated rings. The number of fused-ring (bicyclic) bond motifs is 1. The number of amides is 1. The van der Waals surface area contributed by atoms with E-state index in [-0.39, 0.29) is 23.0 Å². The van der Waals surface area contributed by atoms with Gasteiger partial charge in [0.2, 0.25) is 5.91 Å². The highest BCUT2D eigenvalue weighted by atomic mass is 31.2. The zero-order valence-corrected chi connectivity index (χ0v) is 25.5. The number of hydrogen-bond acceptors (Lipinski definition) is 8. The lowest BCUT2D eigenvalue weighted by Gasteiger charge is -2.46. The number of hydrogen-bond donors (Lipinski definition) is 1. The van der Waals surface area contributed by atoms with Crippen molar-refractivity contribution in [2.75, 3.05) is 0 Å². The van der Waals surface area contributed by atoms with Crippen LogP contribution in [0.3, 0.4) is 0 Å². The summed E-state index contributed by atoms with van der Waals surface area (Å²) in [6, 6.07) is 34.5. The van der Waals surface area contributed by atoms with Crippen molar-refractivity contribution in [2.45, 2.75) is 32.1 Å². The number of benzene rings is 4. The van der Waals surface area contributed by atoms with E-state index in [1.54, 1.807) is 67.6 Å². The summed E-state index contributed by atoms with van der Waals surface area (Å²) < 4.78 is 38.3. The standard InChI is InChI=1S/C35H32NO8P/c1-23-30-29(24(2)37)34(38)36(30)31(35(39)41-33(25-15-7-3-8-16-25)26-17-9-4-10-18-26)32(23)44-45(40,42-27-19-11-5-12-20-27)43-28-21-13-6-14-22-28/h3-24,29-30,33,37H,1-2H3/t23-,24-,29-,30-/m1/s1. The van der Waals surface area contributed by atoms with Crippen LogP contribution in [0.5, 0.6) is 11.5 Å². The Labute approximate surface area is 261 Å². The number of phosphoric acid groups is 1. The van der Waals surface area contributed by atoms with Crippen molar-refractivity contribution in [1.82, 2.24) is 4.90 Å². The number of aliphatic hydroxyl groups is 1. The molecular weight excluding hydrogens is 593 g/mol. The van der Waals surface area contributed by atoms with Gasteiger partial charge in [0.05, 0.1) is 18.1 Å². The van der Waals surface area contributed by atoms with Crippen molar-refractivity contribution in [3.8, 4) is 11.5 Å². The van der Waals surface area contributed by atoms with Crippen LogP contribution < -0.4 is 9.05 Å². The molecule has 0 aliphatic carbocycles. The number of carbonyl (C=O) groups excluding carboxylic acids is 2. The van der Waals surface area contributed by atoms with Gasteiger partial charge < -0.3 is 23.4 Å². The molecule has 4 atom stereocenters. The minimum atomic E-state index is -4.53. The highest BCUT2D eigenvalue weighted by Gasteiger charge is 2.62. The normalized spacial score (nSPS) is 19.9. The molecule has 4 aromatic carbocycles. The highest BCUT2D eigenvalue weighted by molar-refractivity contribution is 7.49. The molecule has 0 radical (unpaired) electrons. The first-order valence-corrected chi connectivity index (χ1v) is 16.1. The third kappa shape index (κ3) is 6.10. The maximum atomic E-state index is 14.4. The van der Waals surface area contributed by atoms with Crippen molar-refractivity contribution in [1.29, 1.82) is 0 Å². The molecule has 9 nitrogen and oxygen atoms in total. The molecule has 2 heterocycles. The van der Waals surface area contributed by atoms with Gasteiger partial charge >= 0.3 is 13.8 Å². The smallest absolute Gasteiger partial charge is 0.448 e. The summed E-state index contributed by atoms with van der Waals surface area (Å²) in [6.07, 6.45) is -1.81. The summed E-state index contributed by atoms with van der Waals surface area (Å²) in [5, 5.41) is 10.5. The molecule has 1 saturated heterocycles. The predicted octanol–water partition coefficient (Wildman–Crippen LogP) is 6.67. The van der Waals surface area contributed by atoms with Crippen LogP contribution in [0.1, 0.15) is 31.1 Å². The monoisotopic (exact) mass is 625 g/mol. The van der Waals surface area contributed by atoms with E-state index in [4.69, 9.17) is 18.3 Å². The lowest BCUT2D eigenvalue weighted by Crippen LogP contribution is -2.63. The Balaban J connectivity index is 1.41. The van der Waals surface area contributed by atoms with Gasteiger partial charge in [0.15, 0.2) is 11.8 Å². The van der Waals surface area contributed by atoms with Gasteiger partial charge in [-0.05, 0) is 42.3 Å². The van der Waals surface area contributed by atoms with Crippen LogP contribution in [0.2, 0.25) is 0 Å². The van der Waals surface area contributed by atoms with E-state index >= 15 is 0 Å². The van der Waals surface area contributed by atoms with E-state index in [0.29, 0.717) is 11.1 Å². The number of esters is 1. The van der Waals surface area contributed by atoms with Gasteiger partial charge in [-0.1, -0.05) is 104 Å². The molecule has 230 valence electrons. The van der Waals surface area contributed by atoms with Gasteiger partial charge in [0, 0.05) is 5.92 Å². The average molecular weight is 626 g/mol. The molecule has 45 heavy (non-hydrogen) atoms. The molecule has 0 bridgehead atoms. The molecule has 0 aromatic heterocycles. The molecule has 2 aliphatic heterocycles. The zero-order valence-electron chi connectivity index (χ0n) is 24.6. The zero-order chi connectivity index (χ0) is 31.6. The maximum Gasteiger partial charge on any atom is 0.646 e. The average Bonchev–Trinajstić information content (AvgIpc) is 3.28. The SMILES string of the molecule is C[C@@H](O)[C@H]1C(=O)N2C(C(=O)OC(c3ccccc3)c3ccccc3)=C(OP(=O)(Oc3ccccc3)Oc3ccccc3)[C@H](C)[C@H]12. The number of para-hydroxylation sites is 2. The molecular formula is C35H32NO8P. The van der Waals surface area contributed by atoms with Crippen LogP contribution in [-0.2, 0) is 23.4 Å². The van der Waals surface area contributed by atoms with Crippen LogP contribution in [0.15, 0.2) is 133 Å². The first-order valence-electron chi connectivity index (χ1n) is 14.6. The van der Waals surface area contributed by atoms with E-state index < -0.39 is 49.8 Å². The summed E-state index contributed by atoms with van der Waals surface area (Å²) in [4.78, 5) is 28.9. The Morgan fingerprint density at radius 2 is 1.20 bits per heavy atom. The van der Waals surface area contributed by atoms with E-state index in [9.17, 15) is 19.3 Å². The van der Waals surface area contributed by atoms with Crippen molar-refractivity contribution in [3.63, 3.8) is 0 Å². The fourth-order valence-corrected chi connectivity index (χ4v) is 7.14. The summed E-state index contributed by atoms with van der Waals surface area (Å²) in [7, 11) is -4.53. The predicted molar refractivity (Wildman–Crippen MR) is 166 cm³/mol. The number of ether oxygens (including phenoxy) is 1. The third-order valence-electron chi connectivity index (χ3n) is 7.86. The highest BCUT2D eigenvalue weighted by Crippen LogP contribution is 2.57. The number of carbonyl (C=O) groups is 2. The van der Waals surface area contributed by atoms with Gasteiger partial charge in [0.25, 0.3) is 0 Å². The summed E-state index contributed by atoms with van der Waals surface area (Å²) in [5.74, 6) is -2.46. The Kier molecular flexibility index (Phi) is 8.48. The van der Waals surface area contributed by atoms with Crippen molar-refractivity contribution < 1.29 is 37.6 Å². The summed E-state index contributed by atoms with van der Waals surface area (Å²) in [6.45, 7) is 3.25. The van der Waals surface area contributed by atoms with Crippen LogP contribution in [-0.4, -0.2) is 34.0 Å². The largest absolute Gasteiger partial charge is 0.646 e. The Hall–Kier alpha value is -4.85. The molecule has 0 unspecified atom stereocenters. The van der Waals surface area contributed by atoms with Gasteiger partial charge in [-0.3, -0.25) is 9.69 Å². The minimum absolute atomic E-state index is 0.0865. The van der Waals surface area contributed by atoms with Crippen molar-refractivity contribution >= 4 is 19.7 Å².